The number of rotatable bonds is 9. The molecule has 2 amide bonds. The first-order chi connectivity index (χ1) is 17.4. The van der Waals surface area contributed by atoms with E-state index in [-0.39, 0.29) is 35.6 Å². The van der Waals surface area contributed by atoms with Crippen molar-refractivity contribution in [3.05, 3.63) is 45.9 Å². The van der Waals surface area contributed by atoms with E-state index < -0.39 is 6.04 Å². The molecule has 2 fully saturated rings. The second kappa shape index (κ2) is 12.5. The highest BCUT2D eigenvalue weighted by atomic mass is 127. The van der Waals surface area contributed by atoms with Crippen LogP contribution in [0.5, 0.6) is 5.75 Å². The van der Waals surface area contributed by atoms with Crippen LogP contribution in [0, 0.1) is 5.92 Å². The molecule has 3 atom stereocenters. The topological polar surface area (TPSA) is 101 Å². The van der Waals surface area contributed by atoms with E-state index in [0.29, 0.717) is 23.6 Å². The summed E-state index contributed by atoms with van der Waals surface area (Å²) in [7, 11) is 1.74. The fourth-order valence-electron chi connectivity index (χ4n) is 5.10. The van der Waals surface area contributed by atoms with Crippen molar-refractivity contribution in [3.63, 3.8) is 0 Å². The Morgan fingerprint density at radius 3 is 2.67 bits per heavy atom. The average molecular weight is 625 g/mol. The first-order valence-electron chi connectivity index (χ1n) is 12.6. The van der Waals surface area contributed by atoms with Crippen molar-refractivity contribution in [2.45, 2.75) is 70.0 Å². The number of aromatic nitrogens is 1. The van der Waals surface area contributed by atoms with E-state index in [4.69, 9.17) is 3.07 Å². The molecule has 36 heavy (non-hydrogen) atoms. The number of likely N-dealkylation sites (N-methyl/N-ethyl adjacent to an activating group) is 1. The van der Waals surface area contributed by atoms with Crippen LogP contribution in [-0.4, -0.2) is 53.2 Å². The smallest absolute Gasteiger partial charge is 0.246 e. The Balaban J connectivity index is 1.53. The molecule has 3 unspecified atom stereocenters. The molecule has 0 radical (unpaired) electrons. The van der Waals surface area contributed by atoms with Crippen molar-refractivity contribution in [1.29, 1.82) is 0 Å². The van der Waals surface area contributed by atoms with Crippen LogP contribution in [0.3, 0.4) is 0 Å². The predicted molar refractivity (Wildman–Crippen MR) is 147 cm³/mol. The number of nitrogens with zero attached hydrogens (tertiary/aromatic N) is 2. The average Bonchev–Trinajstić information content (AvgIpc) is 3.61. The second-order valence-corrected chi connectivity index (χ2v) is 10.9. The normalized spacial score (nSPS) is 20.1. The zero-order valence-electron chi connectivity index (χ0n) is 20.7. The van der Waals surface area contributed by atoms with E-state index in [1.807, 2.05) is 4.90 Å². The van der Waals surface area contributed by atoms with Gasteiger partial charge in [-0.1, -0.05) is 31.4 Å². The van der Waals surface area contributed by atoms with Gasteiger partial charge in [0.1, 0.15) is 22.5 Å². The second-order valence-electron chi connectivity index (χ2n) is 9.59. The van der Waals surface area contributed by atoms with Crippen molar-refractivity contribution >= 4 is 51.9 Å². The molecule has 0 spiro atoms. The van der Waals surface area contributed by atoms with Crippen molar-refractivity contribution < 1.29 is 17.4 Å². The largest absolute Gasteiger partial charge is 0.428 e. The number of carbonyl (C=O) groups excluding carboxylic acids is 3. The van der Waals surface area contributed by atoms with Crippen LogP contribution in [0.2, 0.25) is 0 Å². The van der Waals surface area contributed by atoms with Crippen molar-refractivity contribution in [2.24, 2.45) is 5.92 Å². The van der Waals surface area contributed by atoms with Gasteiger partial charge in [-0.2, -0.15) is 0 Å². The lowest BCUT2D eigenvalue weighted by molar-refractivity contribution is -0.139. The van der Waals surface area contributed by atoms with Crippen LogP contribution in [0.25, 0.3) is 0 Å². The van der Waals surface area contributed by atoms with Crippen LogP contribution in [0.1, 0.15) is 79.0 Å². The van der Waals surface area contributed by atoms with Gasteiger partial charge in [0.05, 0.1) is 12.1 Å². The summed E-state index contributed by atoms with van der Waals surface area (Å²) in [5.74, 6) is 0.388. The van der Waals surface area contributed by atoms with Gasteiger partial charge >= 0.3 is 0 Å². The van der Waals surface area contributed by atoms with E-state index in [1.54, 1.807) is 66.6 Å². The van der Waals surface area contributed by atoms with Gasteiger partial charge in [0, 0.05) is 17.5 Å². The summed E-state index contributed by atoms with van der Waals surface area (Å²) >= 11 is 3.20. The molecule has 1 aromatic carbocycles. The van der Waals surface area contributed by atoms with E-state index in [9.17, 15) is 14.4 Å². The van der Waals surface area contributed by atoms with Crippen LogP contribution < -0.4 is 13.7 Å². The maximum atomic E-state index is 13.9. The lowest BCUT2D eigenvalue weighted by atomic mass is 9.83. The number of hydrogen-bond acceptors (Lipinski definition) is 7. The highest BCUT2D eigenvalue weighted by Crippen LogP contribution is 2.36. The molecule has 2 aromatic rings. The summed E-state index contributed by atoms with van der Waals surface area (Å²) in [6.45, 7) is 2.43. The molecular weight excluding hydrogens is 591 g/mol. The first-order valence-corrected chi connectivity index (χ1v) is 14.4. The minimum atomic E-state index is -0.536. The molecule has 8 nitrogen and oxygen atoms in total. The molecule has 1 saturated heterocycles. The number of halogens is 1. The lowest BCUT2D eigenvalue weighted by Crippen LogP contribution is -2.55. The van der Waals surface area contributed by atoms with Gasteiger partial charge in [-0.15, -0.1) is 11.3 Å². The third kappa shape index (κ3) is 6.08. The molecule has 2 heterocycles. The number of thiazole rings is 1. The number of likely N-dealkylation sites (tertiary alicyclic amines) is 1. The Hall–Kier alpha value is -2.05. The Labute approximate surface area is 230 Å². The minimum absolute atomic E-state index is 0.0315. The summed E-state index contributed by atoms with van der Waals surface area (Å²) in [4.78, 5) is 46.2. The Morgan fingerprint density at radius 2 is 1.94 bits per heavy atom. The predicted octanol–water partition coefficient (Wildman–Crippen LogP) is 4.44. The number of nitrogens with one attached hydrogen (secondary N) is 2. The van der Waals surface area contributed by atoms with Crippen LogP contribution >= 0.6 is 34.3 Å². The number of amides is 2. The summed E-state index contributed by atoms with van der Waals surface area (Å²) in [5.41, 5.74) is 0.888. The summed E-state index contributed by atoms with van der Waals surface area (Å²) < 4.78 is 5.21. The molecule has 1 aliphatic heterocycles. The van der Waals surface area contributed by atoms with Gasteiger partial charge in [-0.3, -0.25) is 14.4 Å². The maximum absolute atomic E-state index is 13.9. The molecule has 10 heteroatoms. The standard InChI is InChI=1S/C26H33IN4O4S/c1-16(28-2)24(33)30-22(17-8-4-3-5-9-17)26(34)31-13-7-12-21(31)25-29-20(15-36-25)23(32)18-10-6-11-19(14-18)35-27/h6,10-11,14-17,21-22,28H,3-5,7-9,12-13H2,1-2H3,(H,30,33). The molecule has 1 saturated carbocycles. The quantitative estimate of drug-likeness (QED) is 0.316. The number of hydrogen-bond donors (Lipinski definition) is 2. The highest BCUT2D eigenvalue weighted by Gasteiger charge is 2.40. The zero-order valence-corrected chi connectivity index (χ0v) is 23.6. The van der Waals surface area contributed by atoms with Crippen molar-refractivity contribution in [2.75, 3.05) is 13.6 Å². The van der Waals surface area contributed by atoms with Gasteiger partial charge in [0.25, 0.3) is 0 Å². The number of carbonyl (C=O) groups is 3. The molecule has 2 aliphatic rings. The van der Waals surface area contributed by atoms with Gasteiger partial charge in [0.2, 0.25) is 17.6 Å². The third-order valence-electron chi connectivity index (χ3n) is 7.27. The Bertz CT molecular complexity index is 1090. The summed E-state index contributed by atoms with van der Waals surface area (Å²) in [5, 5.41) is 8.57. The first kappa shape index (κ1) is 27.0. The summed E-state index contributed by atoms with van der Waals surface area (Å²) in [6, 6.07) is 5.92. The number of ketones is 1. The minimum Gasteiger partial charge on any atom is -0.428 e. The van der Waals surface area contributed by atoms with Crippen LogP contribution in [-0.2, 0) is 9.59 Å². The maximum Gasteiger partial charge on any atom is 0.246 e. The molecule has 1 aromatic heterocycles. The molecule has 4 rings (SSSR count). The van der Waals surface area contributed by atoms with Gasteiger partial charge < -0.3 is 18.6 Å². The van der Waals surface area contributed by atoms with E-state index in [2.05, 4.69) is 15.6 Å². The fourth-order valence-corrected chi connectivity index (χ4v) is 6.32. The Kier molecular flexibility index (Phi) is 9.35. The van der Waals surface area contributed by atoms with Gasteiger partial charge in [-0.05, 0) is 57.7 Å². The van der Waals surface area contributed by atoms with Crippen molar-refractivity contribution in [1.82, 2.24) is 20.5 Å². The van der Waals surface area contributed by atoms with E-state index in [1.165, 1.54) is 17.8 Å². The molecule has 1 aliphatic carbocycles. The van der Waals surface area contributed by atoms with E-state index >= 15 is 0 Å². The lowest BCUT2D eigenvalue weighted by Gasteiger charge is -2.35. The van der Waals surface area contributed by atoms with Crippen LogP contribution in [0.15, 0.2) is 29.6 Å². The zero-order chi connectivity index (χ0) is 25.7. The third-order valence-corrected chi connectivity index (χ3v) is 8.73. The van der Waals surface area contributed by atoms with E-state index in [0.717, 1.165) is 43.5 Å². The highest BCUT2D eigenvalue weighted by molar-refractivity contribution is 14.1. The van der Waals surface area contributed by atoms with Crippen LogP contribution in [0.4, 0.5) is 0 Å². The monoisotopic (exact) mass is 624 g/mol. The van der Waals surface area contributed by atoms with Gasteiger partial charge in [0.15, 0.2) is 23.0 Å². The molecular formula is C26H33IN4O4S. The molecule has 2 N–H and O–H groups in total. The van der Waals surface area contributed by atoms with Crippen molar-refractivity contribution in [3.8, 4) is 5.75 Å². The number of benzene rings is 1. The Morgan fingerprint density at radius 1 is 1.17 bits per heavy atom. The molecule has 0 bridgehead atoms. The fraction of sp³-hybridized carbons (Fsp3) is 0.538. The molecule has 194 valence electrons. The summed E-state index contributed by atoms with van der Waals surface area (Å²) in [6.07, 6.45) is 6.88. The SMILES string of the molecule is CNC(C)C(=O)NC(C(=O)N1CCCC1c1nc(C(=O)c2cccc(OI)c2)cs1)C1CCCCC1. The van der Waals surface area contributed by atoms with Gasteiger partial charge in [-0.25, -0.2) is 4.98 Å².